The molecule has 4 aromatic rings. The smallest absolute Gasteiger partial charge is 0.229 e. The second kappa shape index (κ2) is 8.98. The van der Waals surface area contributed by atoms with E-state index in [1.807, 2.05) is 32.9 Å². The highest BCUT2D eigenvalue weighted by Crippen LogP contribution is 2.34. The first kappa shape index (κ1) is 22.2. The van der Waals surface area contributed by atoms with Crippen LogP contribution in [0.25, 0.3) is 22.2 Å². The van der Waals surface area contributed by atoms with Crippen molar-refractivity contribution >= 4 is 28.4 Å². The van der Waals surface area contributed by atoms with Gasteiger partial charge in [-0.05, 0) is 42.7 Å². The molecule has 4 heterocycles. The van der Waals surface area contributed by atoms with Gasteiger partial charge in [0.1, 0.15) is 17.3 Å². The highest BCUT2D eigenvalue weighted by atomic mass is 19.1. The Hall–Kier alpha value is -3.59. The Kier molecular flexibility index (Phi) is 5.87. The van der Waals surface area contributed by atoms with Crippen LogP contribution in [0, 0.1) is 18.6 Å². The lowest BCUT2D eigenvalue weighted by molar-refractivity contribution is 0.589. The summed E-state index contributed by atoms with van der Waals surface area (Å²) in [6.07, 6.45) is 2.89. The van der Waals surface area contributed by atoms with Crippen LogP contribution >= 0.6 is 0 Å². The summed E-state index contributed by atoms with van der Waals surface area (Å²) in [5.41, 5.74) is 3.77. The van der Waals surface area contributed by atoms with Crippen LogP contribution < -0.4 is 15.5 Å². The van der Waals surface area contributed by atoms with Gasteiger partial charge in [0.2, 0.25) is 5.95 Å². The molecule has 0 bridgehead atoms. The van der Waals surface area contributed by atoms with Crippen molar-refractivity contribution in [1.82, 2.24) is 25.3 Å². The van der Waals surface area contributed by atoms with Crippen molar-refractivity contribution in [3.05, 3.63) is 59.6 Å². The van der Waals surface area contributed by atoms with E-state index >= 15 is 0 Å². The molecule has 0 saturated carbocycles. The summed E-state index contributed by atoms with van der Waals surface area (Å²) in [5.74, 6) is -0.147. The van der Waals surface area contributed by atoms with Crippen LogP contribution in [0.1, 0.15) is 31.0 Å². The Balaban J connectivity index is 1.45. The average molecular weight is 464 g/mol. The number of nitrogens with one attached hydrogen (secondary N) is 3. The Labute approximate surface area is 196 Å². The number of piperazine rings is 1. The zero-order chi connectivity index (χ0) is 23.8. The number of pyridine rings is 1. The lowest BCUT2D eigenvalue weighted by atomic mass is 9.98. The van der Waals surface area contributed by atoms with E-state index in [1.54, 1.807) is 12.3 Å². The summed E-state index contributed by atoms with van der Waals surface area (Å²) >= 11 is 0. The van der Waals surface area contributed by atoms with Gasteiger partial charge in [-0.1, -0.05) is 13.8 Å². The molecule has 0 radical (unpaired) electrons. The number of H-pyrrole nitrogens is 1. The van der Waals surface area contributed by atoms with Crippen molar-refractivity contribution in [1.29, 1.82) is 0 Å². The van der Waals surface area contributed by atoms with Gasteiger partial charge in [-0.3, -0.25) is 0 Å². The number of nitrogens with zero attached hydrogens (tertiary/aromatic N) is 4. The molecule has 3 aromatic heterocycles. The van der Waals surface area contributed by atoms with E-state index in [2.05, 4.69) is 35.5 Å². The van der Waals surface area contributed by atoms with Crippen molar-refractivity contribution in [3.8, 4) is 11.3 Å². The molecule has 0 atom stereocenters. The van der Waals surface area contributed by atoms with Crippen LogP contribution in [-0.2, 0) is 0 Å². The van der Waals surface area contributed by atoms with E-state index in [9.17, 15) is 8.78 Å². The Morgan fingerprint density at radius 1 is 1.03 bits per heavy atom. The summed E-state index contributed by atoms with van der Waals surface area (Å²) in [6.45, 7) is 9.77. The molecule has 0 spiro atoms. The highest BCUT2D eigenvalue weighted by molar-refractivity contribution is 5.89. The van der Waals surface area contributed by atoms with Gasteiger partial charge >= 0.3 is 0 Å². The molecular weight excluding hydrogens is 436 g/mol. The third-order valence-corrected chi connectivity index (χ3v) is 6.16. The molecule has 1 fully saturated rings. The quantitative estimate of drug-likeness (QED) is 0.391. The van der Waals surface area contributed by atoms with Gasteiger partial charge in [0, 0.05) is 42.8 Å². The molecule has 1 aliphatic heterocycles. The van der Waals surface area contributed by atoms with Crippen LogP contribution in [0.4, 0.5) is 26.2 Å². The number of anilines is 3. The molecule has 1 aromatic carbocycles. The average Bonchev–Trinajstić information content (AvgIpc) is 3.18. The first-order valence-corrected chi connectivity index (χ1v) is 11.4. The van der Waals surface area contributed by atoms with Crippen LogP contribution in [-0.4, -0.2) is 46.1 Å². The molecular formula is C25H27F2N7. The van der Waals surface area contributed by atoms with Crippen LogP contribution in [0.2, 0.25) is 0 Å². The molecule has 5 rings (SSSR count). The first-order valence-electron chi connectivity index (χ1n) is 11.4. The fraction of sp³-hybridized carbons (Fsp3) is 0.320. The van der Waals surface area contributed by atoms with Gasteiger partial charge in [0.15, 0.2) is 5.82 Å². The number of aromatic amines is 1. The zero-order valence-corrected chi connectivity index (χ0v) is 19.4. The monoisotopic (exact) mass is 463 g/mol. The summed E-state index contributed by atoms with van der Waals surface area (Å²) in [6, 6.07) is 6.91. The second-order valence-corrected chi connectivity index (χ2v) is 8.85. The predicted octanol–water partition coefficient (Wildman–Crippen LogP) is 4.88. The summed E-state index contributed by atoms with van der Waals surface area (Å²) in [5, 5.41) is 7.09. The molecule has 0 amide bonds. The van der Waals surface area contributed by atoms with Crippen LogP contribution in [0.5, 0.6) is 0 Å². The van der Waals surface area contributed by atoms with Crippen molar-refractivity contribution in [2.45, 2.75) is 26.7 Å². The van der Waals surface area contributed by atoms with Crippen molar-refractivity contribution in [2.24, 2.45) is 0 Å². The van der Waals surface area contributed by atoms with Gasteiger partial charge in [-0.2, -0.15) is 0 Å². The summed E-state index contributed by atoms with van der Waals surface area (Å²) < 4.78 is 29.7. The van der Waals surface area contributed by atoms with Gasteiger partial charge in [-0.25, -0.2) is 23.7 Å². The SMILES string of the molecule is Cc1[nH]c2c(F)cc(-c3nc(Nc4ccc(N5CCNCC5)cn4)ncc3F)cc2c1C(C)C. The van der Waals surface area contributed by atoms with Crippen molar-refractivity contribution < 1.29 is 8.78 Å². The molecule has 3 N–H and O–H groups in total. The fourth-order valence-corrected chi connectivity index (χ4v) is 4.60. The molecule has 0 aliphatic carbocycles. The Morgan fingerprint density at radius 3 is 2.53 bits per heavy atom. The number of halogens is 2. The molecule has 1 aliphatic rings. The third kappa shape index (κ3) is 4.19. The van der Waals surface area contributed by atoms with Gasteiger partial charge in [0.05, 0.1) is 23.6 Å². The van der Waals surface area contributed by atoms with E-state index < -0.39 is 11.6 Å². The molecule has 9 heteroatoms. The second-order valence-electron chi connectivity index (χ2n) is 8.85. The number of hydrogen-bond donors (Lipinski definition) is 3. The first-order chi connectivity index (χ1) is 16.4. The summed E-state index contributed by atoms with van der Waals surface area (Å²) in [7, 11) is 0. The van der Waals surface area contributed by atoms with Gasteiger partial charge in [-0.15, -0.1) is 0 Å². The van der Waals surface area contributed by atoms with Crippen molar-refractivity contribution in [3.63, 3.8) is 0 Å². The van der Waals surface area contributed by atoms with Crippen LogP contribution in [0.15, 0.2) is 36.7 Å². The minimum atomic E-state index is -0.621. The number of benzene rings is 1. The molecule has 0 unspecified atom stereocenters. The molecule has 34 heavy (non-hydrogen) atoms. The van der Waals surface area contributed by atoms with E-state index in [1.165, 1.54) is 6.07 Å². The largest absolute Gasteiger partial charge is 0.368 e. The minimum absolute atomic E-state index is 0.0318. The Morgan fingerprint density at radius 2 is 1.82 bits per heavy atom. The predicted molar refractivity (Wildman–Crippen MR) is 131 cm³/mol. The molecule has 7 nitrogen and oxygen atoms in total. The number of rotatable bonds is 5. The lowest BCUT2D eigenvalue weighted by Gasteiger charge is -2.29. The standard InChI is InChI=1S/C25H27F2N7/c1-14(2)22-15(3)31-24-18(22)10-16(11-19(24)26)23-20(27)13-30-25(33-23)32-21-5-4-17(12-29-21)34-8-6-28-7-9-34/h4-5,10-14,28,31H,6-9H2,1-3H3,(H,29,30,32,33). The normalized spacial score (nSPS) is 14.2. The Bertz CT molecular complexity index is 1330. The maximum absolute atomic E-state index is 14.9. The van der Waals surface area contributed by atoms with E-state index in [0.29, 0.717) is 16.9 Å². The molecule has 1 saturated heterocycles. The van der Waals surface area contributed by atoms with Crippen LogP contribution in [0.3, 0.4) is 0 Å². The molecule has 176 valence electrons. The third-order valence-electron chi connectivity index (χ3n) is 6.16. The topological polar surface area (TPSA) is 81.8 Å². The zero-order valence-electron chi connectivity index (χ0n) is 19.4. The number of aryl methyl sites for hydroxylation is 1. The lowest BCUT2D eigenvalue weighted by Crippen LogP contribution is -2.43. The number of fused-ring (bicyclic) bond motifs is 1. The van der Waals surface area contributed by atoms with E-state index in [0.717, 1.165) is 54.7 Å². The summed E-state index contributed by atoms with van der Waals surface area (Å²) in [4.78, 5) is 18.2. The maximum atomic E-state index is 14.9. The van der Waals surface area contributed by atoms with Gasteiger partial charge < -0.3 is 20.5 Å². The fourth-order valence-electron chi connectivity index (χ4n) is 4.60. The van der Waals surface area contributed by atoms with Crippen molar-refractivity contribution in [2.75, 3.05) is 36.4 Å². The minimum Gasteiger partial charge on any atom is -0.368 e. The number of hydrogen-bond acceptors (Lipinski definition) is 6. The van der Waals surface area contributed by atoms with E-state index in [4.69, 9.17) is 0 Å². The number of aromatic nitrogens is 4. The van der Waals surface area contributed by atoms with Gasteiger partial charge in [0.25, 0.3) is 0 Å². The van der Waals surface area contributed by atoms with E-state index in [-0.39, 0.29) is 17.6 Å². The maximum Gasteiger partial charge on any atom is 0.229 e. The highest BCUT2D eigenvalue weighted by Gasteiger charge is 2.19.